The van der Waals surface area contributed by atoms with E-state index in [-0.39, 0.29) is 5.91 Å². The molecule has 0 spiro atoms. The normalized spacial score (nSPS) is 11.4. The number of thioether (sulfide) groups is 1. The van der Waals surface area contributed by atoms with Crippen LogP contribution in [0.25, 0.3) is 0 Å². The fraction of sp³-hybridized carbons (Fsp3) is 0.462. The maximum Gasteiger partial charge on any atom is 0.232 e. The van der Waals surface area contributed by atoms with Crippen molar-refractivity contribution in [3.8, 4) is 0 Å². The Morgan fingerprint density at radius 3 is 2.61 bits per heavy atom. The molecular formula is C13H18ClNO2S. The number of aliphatic hydroxyl groups is 1. The summed E-state index contributed by atoms with van der Waals surface area (Å²) in [4.78, 5) is 14.3. The van der Waals surface area contributed by atoms with Crippen LogP contribution in [0.5, 0.6) is 0 Å². The van der Waals surface area contributed by atoms with Gasteiger partial charge < -0.3 is 10.0 Å². The molecule has 0 aliphatic heterocycles. The number of halogens is 1. The van der Waals surface area contributed by atoms with E-state index in [2.05, 4.69) is 0 Å². The highest BCUT2D eigenvalue weighted by Crippen LogP contribution is 2.26. The smallest absolute Gasteiger partial charge is 0.232 e. The fourth-order valence-electron chi connectivity index (χ4n) is 1.48. The second-order valence-electron chi connectivity index (χ2n) is 4.78. The number of hydrogen-bond acceptors (Lipinski definition) is 3. The largest absolute Gasteiger partial charge is 0.389 e. The molecule has 0 unspecified atom stereocenters. The maximum atomic E-state index is 11.9. The lowest BCUT2D eigenvalue weighted by Crippen LogP contribution is -2.40. The number of hydrogen-bond donors (Lipinski definition) is 1. The molecule has 1 aromatic rings. The summed E-state index contributed by atoms with van der Waals surface area (Å²) in [7, 11) is 1.69. The van der Waals surface area contributed by atoms with Gasteiger partial charge in [0, 0.05) is 18.5 Å². The molecule has 0 atom stereocenters. The van der Waals surface area contributed by atoms with Crippen LogP contribution in [0.1, 0.15) is 13.8 Å². The van der Waals surface area contributed by atoms with Gasteiger partial charge in [-0.1, -0.05) is 23.7 Å². The summed E-state index contributed by atoms with van der Waals surface area (Å²) in [6.45, 7) is 3.67. The first kappa shape index (κ1) is 15.3. The first-order chi connectivity index (χ1) is 8.29. The Hall–Kier alpha value is -0.710. The molecule has 0 saturated carbocycles. The molecule has 3 nitrogen and oxygen atoms in total. The highest BCUT2D eigenvalue weighted by molar-refractivity contribution is 8.00. The molecule has 1 rings (SSSR count). The number of carbonyl (C=O) groups excluding carboxylic acids is 1. The summed E-state index contributed by atoms with van der Waals surface area (Å²) in [5.41, 5.74) is -0.876. The molecule has 1 amide bonds. The van der Waals surface area contributed by atoms with Crippen molar-refractivity contribution in [3.63, 3.8) is 0 Å². The minimum Gasteiger partial charge on any atom is -0.389 e. The summed E-state index contributed by atoms with van der Waals surface area (Å²) >= 11 is 7.41. The lowest BCUT2D eigenvalue weighted by molar-refractivity contribution is -0.129. The number of amides is 1. The molecule has 1 N–H and O–H groups in total. The fourth-order valence-corrected chi connectivity index (χ4v) is 2.66. The standard InChI is InChI=1S/C13H18ClNO2S/c1-13(2,17)9-15(3)12(16)8-18-11-7-5-4-6-10(11)14/h4-7,17H,8-9H2,1-3H3. The molecule has 0 fully saturated rings. The van der Waals surface area contributed by atoms with Crippen molar-refractivity contribution in [2.75, 3.05) is 19.3 Å². The Bertz CT molecular complexity index is 418. The molecule has 0 heterocycles. The number of likely N-dealkylation sites (N-methyl/N-ethyl adjacent to an activating group) is 1. The average molecular weight is 288 g/mol. The summed E-state index contributed by atoms with van der Waals surface area (Å²) in [6.07, 6.45) is 0. The molecular weight excluding hydrogens is 270 g/mol. The van der Waals surface area contributed by atoms with Crippen molar-refractivity contribution >= 4 is 29.3 Å². The third kappa shape index (κ3) is 5.29. The Balaban J connectivity index is 2.49. The van der Waals surface area contributed by atoms with Gasteiger partial charge in [0.25, 0.3) is 0 Å². The zero-order valence-corrected chi connectivity index (χ0v) is 12.4. The van der Waals surface area contributed by atoms with Crippen LogP contribution in [-0.4, -0.2) is 40.9 Å². The van der Waals surface area contributed by atoms with E-state index >= 15 is 0 Å². The van der Waals surface area contributed by atoms with Crippen LogP contribution in [0.3, 0.4) is 0 Å². The lowest BCUT2D eigenvalue weighted by Gasteiger charge is -2.25. The molecule has 100 valence electrons. The zero-order valence-electron chi connectivity index (χ0n) is 10.8. The van der Waals surface area contributed by atoms with Crippen LogP contribution < -0.4 is 0 Å². The van der Waals surface area contributed by atoms with Gasteiger partial charge in [-0.3, -0.25) is 4.79 Å². The van der Waals surface area contributed by atoms with Gasteiger partial charge in [0.1, 0.15) is 0 Å². The van der Waals surface area contributed by atoms with Crippen molar-refractivity contribution in [1.82, 2.24) is 4.90 Å². The van der Waals surface area contributed by atoms with Gasteiger partial charge in [-0.25, -0.2) is 0 Å². The van der Waals surface area contributed by atoms with Crippen molar-refractivity contribution in [3.05, 3.63) is 29.3 Å². The number of nitrogens with zero attached hydrogens (tertiary/aromatic N) is 1. The van der Waals surface area contributed by atoms with E-state index in [0.29, 0.717) is 17.3 Å². The topological polar surface area (TPSA) is 40.5 Å². The van der Waals surface area contributed by atoms with Gasteiger partial charge in [0.15, 0.2) is 0 Å². The van der Waals surface area contributed by atoms with Gasteiger partial charge in [-0.15, -0.1) is 11.8 Å². The molecule has 0 saturated heterocycles. The summed E-state index contributed by atoms with van der Waals surface area (Å²) in [5.74, 6) is 0.290. The monoisotopic (exact) mass is 287 g/mol. The lowest BCUT2D eigenvalue weighted by atomic mass is 10.1. The van der Waals surface area contributed by atoms with Gasteiger partial charge >= 0.3 is 0 Å². The van der Waals surface area contributed by atoms with Gasteiger partial charge in [-0.2, -0.15) is 0 Å². The third-order valence-electron chi connectivity index (χ3n) is 2.24. The van der Waals surface area contributed by atoms with E-state index in [0.717, 1.165) is 4.90 Å². The molecule has 5 heteroatoms. The zero-order chi connectivity index (χ0) is 13.8. The molecule has 18 heavy (non-hydrogen) atoms. The van der Waals surface area contributed by atoms with Gasteiger partial charge in [0.05, 0.1) is 16.4 Å². The summed E-state index contributed by atoms with van der Waals surface area (Å²) in [6, 6.07) is 7.43. The SMILES string of the molecule is CN(CC(C)(C)O)C(=O)CSc1ccccc1Cl. The van der Waals surface area contributed by atoms with Crippen LogP contribution >= 0.6 is 23.4 Å². The third-order valence-corrected chi connectivity index (χ3v) is 3.74. The predicted octanol–water partition coefficient (Wildman–Crippen LogP) is 2.66. The Morgan fingerprint density at radius 1 is 1.44 bits per heavy atom. The quantitative estimate of drug-likeness (QED) is 0.847. The molecule has 0 bridgehead atoms. The first-order valence-electron chi connectivity index (χ1n) is 5.63. The highest BCUT2D eigenvalue weighted by atomic mass is 35.5. The molecule has 0 aromatic heterocycles. The Morgan fingerprint density at radius 2 is 2.06 bits per heavy atom. The minimum absolute atomic E-state index is 0.0259. The first-order valence-corrected chi connectivity index (χ1v) is 6.99. The number of rotatable bonds is 5. The van der Waals surface area contributed by atoms with Crippen LogP contribution in [-0.2, 0) is 4.79 Å². The molecule has 0 radical (unpaired) electrons. The van der Waals surface area contributed by atoms with Crippen LogP contribution in [0.2, 0.25) is 5.02 Å². The summed E-state index contributed by atoms with van der Waals surface area (Å²) < 4.78 is 0. The summed E-state index contributed by atoms with van der Waals surface area (Å²) in [5, 5.41) is 10.3. The van der Waals surface area contributed by atoms with Crippen molar-refractivity contribution in [2.45, 2.75) is 24.3 Å². The van der Waals surface area contributed by atoms with E-state index in [4.69, 9.17) is 11.6 Å². The second-order valence-corrected chi connectivity index (χ2v) is 6.21. The number of carbonyl (C=O) groups is 1. The van der Waals surface area contributed by atoms with Gasteiger partial charge in [0.2, 0.25) is 5.91 Å². The van der Waals surface area contributed by atoms with Crippen LogP contribution in [0.4, 0.5) is 0 Å². The van der Waals surface area contributed by atoms with Crippen molar-refractivity contribution in [2.24, 2.45) is 0 Å². The minimum atomic E-state index is -0.876. The number of benzene rings is 1. The maximum absolute atomic E-state index is 11.9. The van der Waals surface area contributed by atoms with E-state index in [1.807, 2.05) is 18.2 Å². The van der Waals surface area contributed by atoms with Crippen molar-refractivity contribution < 1.29 is 9.90 Å². The van der Waals surface area contributed by atoms with Crippen molar-refractivity contribution in [1.29, 1.82) is 0 Å². The van der Waals surface area contributed by atoms with Crippen LogP contribution in [0, 0.1) is 0 Å². The van der Waals surface area contributed by atoms with Crippen LogP contribution in [0.15, 0.2) is 29.2 Å². The van der Waals surface area contributed by atoms with E-state index in [1.54, 1.807) is 27.0 Å². The highest BCUT2D eigenvalue weighted by Gasteiger charge is 2.19. The van der Waals surface area contributed by atoms with Gasteiger partial charge in [-0.05, 0) is 26.0 Å². The molecule has 0 aliphatic rings. The Kier molecular flexibility index (Phi) is 5.50. The molecule has 1 aromatic carbocycles. The van der Waals surface area contributed by atoms with E-state index in [9.17, 15) is 9.90 Å². The second kappa shape index (κ2) is 6.45. The van der Waals surface area contributed by atoms with E-state index < -0.39 is 5.60 Å². The van der Waals surface area contributed by atoms with E-state index in [1.165, 1.54) is 16.7 Å². The Labute approximate surface area is 117 Å². The molecule has 0 aliphatic carbocycles. The predicted molar refractivity (Wildman–Crippen MR) is 76.1 cm³/mol. The average Bonchev–Trinajstić information content (AvgIpc) is 2.25.